The Morgan fingerprint density at radius 3 is 1.38 bits per heavy atom. The molecule has 0 saturated carbocycles. The Labute approximate surface area is 220 Å². The van der Waals surface area contributed by atoms with Crippen LogP contribution < -0.4 is 5.32 Å². The molecule has 8 heteroatoms. The van der Waals surface area contributed by atoms with Crippen LogP contribution in [0.1, 0.15) is 46.6 Å². The lowest BCUT2D eigenvalue weighted by atomic mass is 9.88. The van der Waals surface area contributed by atoms with Crippen molar-refractivity contribution in [2.75, 3.05) is 19.8 Å². The van der Waals surface area contributed by atoms with Crippen molar-refractivity contribution in [3.8, 4) is 0 Å². The van der Waals surface area contributed by atoms with E-state index in [0.717, 1.165) is 5.56 Å². The van der Waals surface area contributed by atoms with E-state index in [-0.39, 0.29) is 42.4 Å². The maximum Gasteiger partial charge on any atom is 0.333 e. The van der Waals surface area contributed by atoms with Gasteiger partial charge in [-0.2, -0.15) is 0 Å². The van der Waals surface area contributed by atoms with Crippen LogP contribution in [0.15, 0.2) is 78.9 Å². The van der Waals surface area contributed by atoms with Gasteiger partial charge in [0.2, 0.25) is 5.91 Å². The number of esters is 3. The summed E-state index contributed by atoms with van der Waals surface area (Å²) < 4.78 is 15.5. The van der Waals surface area contributed by atoms with E-state index in [2.05, 4.69) is 31.6 Å². The summed E-state index contributed by atoms with van der Waals surface area (Å²) in [6, 6.07) is 9.78. The number of hydrogen-bond donors (Lipinski definition) is 1. The van der Waals surface area contributed by atoms with Crippen molar-refractivity contribution < 1.29 is 33.4 Å². The second-order valence-electron chi connectivity index (χ2n) is 8.87. The van der Waals surface area contributed by atoms with Crippen LogP contribution in [-0.2, 0) is 39.9 Å². The van der Waals surface area contributed by atoms with Crippen molar-refractivity contribution in [1.29, 1.82) is 0 Å². The second-order valence-corrected chi connectivity index (χ2v) is 8.87. The average Bonchev–Trinajstić information content (AvgIpc) is 2.87. The number of ether oxygens (including phenoxy) is 3. The number of hydrogen-bond acceptors (Lipinski definition) is 7. The number of rotatable bonds is 13. The largest absolute Gasteiger partial charge is 0.461 e. The quantitative estimate of drug-likeness (QED) is 0.233. The van der Waals surface area contributed by atoms with Crippen molar-refractivity contribution in [3.63, 3.8) is 0 Å². The third-order valence-electron chi connectivity index (χ3n) is 5.01. The molecule has 37 heavy (non-hydrogen) atoms. The molecule has 0 aliphatic rings. The van der Waals surface area contributed by atoms with Crippen LogP contribution in [0.4, 0.5) is 0 Å². The Kier molecular flexibility index (Phi) is 14.9. The van der Waals surface area contributed by atoms with Gasteiger partial charge in [0, 0.05) is 28.8 Å². The standard InChI is InChI=1S/C18H26O6.C11H13NO/c1-8-18(9-22-15(19)12(2)3,10-23-16(20)13(4)5)11-24-17(21)14(6)7;1-9(2)11(13)12-8-10-6-4-3-5-7-10/h2,4,6,8-11H2,1,3,5,7H3;3-7H,1,8H2,2H3,(H,12,13). The summed E-state index contributed by atoms with van der Waals surface area (Å²) in [4.78, 5) is 46.0. The van der Waals surface area contributed by atoms with Crippen molar-refractivity contribution >= 4 is 23.8 Å². The Morgan fingerprint density at radius 1 is 0.703 bits per heavy atom. The Balaban J connectivity index is 0.000000832. The molecule has 0 aliphatic heterocycles. The van der Waals surface area contributed by atoms with Gasteiger partial charge in [-0.05, 0) is 39.7 Å². The molecular weight excluding hydrogens is 474 g/mol. The molecule has 0 atom stereocenters. The molecule has 1 aromatic carbocycles. The van der Waals surface area contributed by atoms with E-state index in [0.29, 0.717) is 18.5 Å². The lowest BCUT2D eigenvalue weighted by molar-refractivity contribution is -0.157. The molecule has 8 nitrogen and oxygen atoms in total. The first-order chi connectivity index (χ1) is 17.2. The summed E-state index contributed by atoms with van der Waals surface area (Å²) in [6.07, 6.45) is 0.448. The van der Waals surface area contributed by atoms with Crippen LogP contribution in [-0.4, -0.2) is 43.6 Å². The third kappa shape index (κ3) is 13.7. The smallest absolute Gasteiger partial charge is 0.333 e. The fraction of sp³-hybridized carbons (Fsp3) is 0.379. The van der Waals surface area contributed by atoms with E-state index in [1.165, 1.54) is 20.8 Å². The molecule has 0 aromatic heterocycles. The number of amides is 1. The van der Waals surface area contributed by atoms with Gasteiger partial charge in [0.1, 0.15) is 19.8 Å². The van der Waals surface area contributed by atoms with E-state index < -0.39 is 23.3 Å². The van der Waals surface area contributed by atoms with E-state index >= 15 is 0 Å². The van der Waals surface area contributed by atoms with Crippen LogP contribution in [0.2, 0.25) is 0 Å². The topological polar surface area (TPSA) is 108 Å². The van der Waals surface area contributed by atoms with E-state index in [1.54, 1.807) is 6.92 Å². The molecule has 1 N–H and O–H groups in total. The molecule has 0 unspecified atom stereocenters. The number of carbonyl (C=O) groups excluding carboxylic acids is 4. The average molecular weight is 514 g/mol. The summed E-state index contributed by atoms with van der Waals surface area (Å²) in [5, 5.41) is 2.76. The molecule has 1 aromatic rings. The minimum atomic E-state index is -0.860. The zero-order valence-corrected chi connectivity index (χ0v) is 22.6. The number of carbonyl (C=O) groups is 4. The molecule has 0 fully saturated rings. The molecule has 0 bridgehead atoms. The van der Waals surface area contributed by atoms with Gasteiger partial charge in [0.15, 0.2) is 0 Å². The summed E-state index contributed by atoms with van der Waals surface area (Å²) in [5.41, 5.74) is 1.52. The normalized spacial score (nSPS) is 10.1. The molecule has 0 heterocycles. The predicted octanol–water partition coefficient (Wildman–Crippen LogP) is 4.62. The highest BCUT2D eigenvalue weighted by Crippen LogP contribution is 2.25. The van der Waals surface area contributed by atoms with Gasteiger partial charge in [-0.15, -0.1) is 0 Å². The zero-order chi connectivity index (χ0) is 28.6. The minimum absolute atomic E-state index is 0.0812. The highest BCUT2D eigenvalue weighted by molar-refractivity contribution is 5.92. The molecule has 0 spiro atoms. The van der Waals surface area contributed by atoms with Crippen LogP contribution in [0.5, 0.6) is 0 Å². The summed E-state index contributed by atoms with van der Waals surface area (Å²) >= 11 is 0. The van der Waals surface area contributed by atoms with Gasteiger partial charge in [-0.3, -0.25) is 4.79 Å². The van der Waals surface area contributed by atoms with Crippen LogP contribution in [0, 0.1) is 5.41 Å². The Hall–Kier alpha value is -3.94. The van der Waals surface area contributed by atoms with Crippen molar-refractivity contribution in [1.82, 2.24) is 5.32 Å². The van der Waals surface area contributed by atoms with Crippen molar-refractivity contribution in [2.24, 2.45) is 5.41 Å². The molecule has 0 radical (unpaired) electrons. The molecule has 0 aliphatic carbocycles. The fourth-order valence-electron chi connectivity index (χ4n) is 2.39. The first-order valence-corrected chi connectivity index (χ1v) is 11.7. The van der Waals surface area contributed by atoms with E-state index in [1.807, 2.05) is 37.3 Å². The van der Waals surface area contributed by atoms with Gasteiger partial charge in [-0.1, -0.05) is 63.6 Å². The lowest BCUT2D eigenvalue weighted by Gasteiger charge is -2.31. The van der Waals surface area contributed by atoms with Gasteiger partial charge in [-0.25, -0.2) is 14.4 Å². The number of nitrogens with one attached hydrogen (secondary N) is 1. The zero-order valence-electron chi connectivity index (χ0n) is 22.6. The Morgan fingerprint density at radius 2 is 1.08 bits per heavy atom. The second kappa shape index (κ2) is 16.7. The minimum Gasteiger partial charge on any atom is -0.461 e. The first kappa shape index (κ1) is 33.1. The van der Waals surface area contributed by atoms with Crippen LogP contribution in [0.3, 0.4) is 0 Å². The van der Waals surface area contributed by atoms with Crippen LogP contribution in [0.25, 0.3) is 0 Å². The Bertz CT molecular complexity index is 934. The summed E-state index contributed by atoms with van der Waals surface area (Å²) in [7, 11) is 0. The molecular formula is C29H39NO7. The monoisotopic (exact) mass is 513 g/mol. The van der Waals surface area contributed by atoms with Gasteiger partial charge in [0.05, 0.1) is 5.41 Å². The molecule has 1 rings (SSSR count). The molecule has 0 saturated heterocycles. The molecule has 202 valence electrons. The maximum atomic E-state index is 11.6. The number of benzene rings is 1. The van der Waals surface area contributed by atoms with E-state index in [9.17, 15) is 19.2 Å². The van der Waals surface area contributed by atoms with E-state index in [4.69, 9.17) is 14.2 Å². The highest BCUT2D eigenvalue weighted by atomic mass is 16.6. The lowest BCUT2D eigenvalue weighted by Crippen LogP contribution is -2.39. The SMILES string of the molecule is C=C(C)C(=O)NCc1ccccc1.C=C(C)C(=O)OCC(CC)(COC(=O)C(=C)C)COC(=O)C(=C)C. The maximum absolute atomic E-state index is 11.6. The van der Waals surface area contributed by atoms with Gasteiger partial charge in [0.25, 0.3) is 0 Å². The van der Waals surface area contributed by atoms with Crippen LogP contribution >= 0.6 is 0 Å². The predicted molar refractivity (Wildman–Crippen MR) is 143 cm³/mol. The summed E-state index contributed by atoms with van der Waals surface area (Å²) in [5.74, 6) is -1.79. The third-order valence-corrected chi connectivity index (χ3v) is 5.01. The fourth-order valence-corrected chi connectivity index (χ4v) is 2.39. The van der Waals surface area contributed by atoms with Crippen molar-refractivity contribution in [3.05, 3.63) is 84.5 Å². The van der Waals surface area contributed by atoms with Gasteiger partial charge >= 0.3 is 17.9 Å². The molecule has 1 amide bonds. The van der Waals surface area contributed by atoms with Gasteiger partial charge < -0.3 is 19.5 Å². The summed E-state index contributed by atoms with van der Waals surface area (Å²) in [6.45, 7) is 22.5. The first-order valence-electron chi connectivity index (χ1n) is 11.7. The highest BCUT2D eigenvalue weighted by Gasteiger charge is 2.34. The van der Waals surface area contributed by atoms with Crippen molar-refractivity contribution in [2.45, 2.75) is 47.6 Å².